The highest BCUT2D eigenvalue weighted by Crippen LogP contribution is 2.61. The summed E-state index contributed by atoms with van der Waals surface area (Å²) in [5.41, 5.74) is 17.0. The van der Waals surface area contributed by atoms with Crippen LogP contribution in [0.4, 0.5) is 22.7 Å². The largest absolute Gasteiger partial charge is 0.488 e. The number of nitrogens with two attached hydrogens (primary N) is 1. The first-order valence-corrected chi connectivity index (χ1v) is 37.6. The van der Waals surface area contributed by atoms with Crippen LogP contribution in [0.2, 0.25) is 0 Å². The number of carboxylic acids is 1. The van der Waals surface area contributed by atoms with Gasteiger partial charge in [-0.15, -0.1) is 0 Å². The van der Waals surface area contributed by atoms with Gasteiger partial charge in [-0.1, -0.05) is 121 Å². The molecule has 6 amide bonds. The maximum absolute atomic E-state index is 12.1. The first-order valence-electron chi connectivity index (χ1n) is 32.8. The van der Waals surface area contributed by atoms with E-state index < -0.39 is 41.5 Å². The minimum absolute atomic E-state index is 0.0481. The van der Waals surface area contributed by atoms with Crippen molar-refractivity contribution in [1.29, 1.82) is 0 Å². The molecule has 0 saturated carbocycles. The molecule has 0 bridgehead atoms. The van der Waals surface area contributed by atoms with E-state index in [2.05, 4.69) is 68.9 Å². The van der Waals surface area contributed by atoms with Crippen LogP contribution in [0, 0.1) is 0 Å². The summed E-state index contributed by atoms with van der Waals surface area (Å²) in [6, 6.07) is 56.2. The first kappa shape index (κ1) is 88.1. The second-order valence-corrected chi connectivity index (χ2v) is 30.0. The van der Waals surface area contributed by atoms with Crippen LogP contribution in [-0.4, -0.2) is 177 Å². The van der Waals surface area contributed by atoms with E-state index in [1.54, 1.807) is 147 Å². The van der Waals surface area contributed by atoms with Crippen molar-refractivity contribution in [2.45, 2.75) is 6.92 Å². The van der Waals surface area contributed by atoms with Crippen LogP contribution < -0.4 is 53.0 Å². The van der Waals surface area contributed by atoms with Gasteiger partial charge in [-0.25, -0.2) is 24.7 Å². The number of aromatic nitrogens is 1. The Bertz CT molecular complexity index is 5150. The molecule has 0 unspecified atom stereocenters. The summed E-state index contributed by atoms with van der Waals surface area (Å²) in [7, 11) is 8.22. The third-order valence-corrected chi connectivity index (χ3v) is 16.3. The number of carboxylic acid groups (broad SMARTS) is 1. The molecule has 578 valence electrons. The third-order valence-electron chi connectivity index (χ3n) is 16.0. The van der Waals surface area contributed by atoms with E-state index in [1.807, 2.05) is 84.9 Å². The van der Waals surface area contributed by atoms with Crippen LogP contribution in [0.5, 0.6) is 0 Å². The molecule has 0 aliphatic carbocycles. The van der Waals surface area contributed by atoms with Gasteiger partial charge in [-0.3, -0.25) is 62.9 Å². The number of hydrogen-bond donors (Lipinski definition) is 7. The molecule has 5 heterocycles. The van der Waals surface area contributed by atoms with Crippen LogP contribution in [0.15, 0.2) is 223 Å². The quantitative estimate of drug-likeness (QED) is 0.0250. The number of hydroxylamine groups is 1. The van der Waals surface area contributed by atoms with Crippen molar-refractivity contribution in [3.05, 3.63) is 265 Å². The second-order valence-electron chi connectivity index (χ2n) is 23.0. The standard InChI is InChI=1S/C19H18N2O3.C17H15N3O3.C10H9ClN2O.C10H10N2O2.C9H7NO3.C8H9BO4.C2H5NO2.Cl3OP/c1-3-24-19(23)14-10-8-13(9-11-14)18-15-6-4-5-7-16(15)21(2)17(22)12-20-18;1-20-14-5-3-2-4-13(14)16(18-10-15(20)21)11-6-8-12(9-7-11)17(22)19-23;1-13-8-5-3-2-4-7(8)10(11)12-6-9(13)14;1-12-8-5-3-2-4-7(8)10(14)11-6-9(12)13;1-10-7-5-3-2-4-6(7)8(11)13-9(10)12;1-13-8(10)6-2-4-7(5-3-6)9(11)12;3-1-2(4)5;1-5(2,3)4/h4-11H,3,12H2,1-2H3;2-9,23H,10H2,1H3,(H,19,22);2-5H,6H2,1H3;2-5H,6H2,1H3,(H,11,14);2-5H,1H3;2-5,11-12H,1H3;1,3H2,(H,4,5);. The zero-order valence-electron chi connectivity index (χ0n) is 60.3. The lowest BCUT2D eigenvalue weighted by atomic mass is 9.80. The summed E-state index contributed by atoms with van der Waals surface area (Å²) in [5, 5.41) is 33.9. The Kier molecular flexibility index (Phi) is 33.6. The highest BCUT2D eigenvalue weighted by molar-refractivity contribution is 8.24. The minimum atomic E-state index is -3.22. The molecule has 36 heteroatoms. The lowest BCUT2D eigenvalue weighted by Gasteiger charge is -2.17. The summed E-state index contributed by atoms with van der Waals surface area (Å²) < 4.78 is 24.8. The van der Waals surface area contributed by atoms with Gasteiger partial charge in [0, 0.05) is 68.6 Å². The fourth-order valence-corrected chi connectivity index (χ4v) is 10.4. The van der Waals surface area contributed by atoms with E-state index in [0.717, 1.165) is 50.6 Å². The molecule has 9 aromatic rings. The lowest BCUT2D eigenvalue weighted by Crippen LogP contribution is -2.33. The number of carbonyl (C=O) groups is 9. The number of para-hydroxylation sites is 5. The van der Waals surface area contributed by atoms with Crippen molar-refractivity contribution in [3.8, 4) is 0 Å². The molecule has 0 saturated heterocycles. The highest BCUT2D eigenvalue weighted by atomic mass is 36.0. The molecule has 8 aromatic carbocycles. The molecule has 0 atom stereocenters. The summed E-state index contributed by atoms with van der Waals surface area (Å²) >= 11 is 19.8. The zero-order valence-corrected chi connectivity index (χ0v) is 64.2. The number of halogens is 4. The number of nitrogens with one attached hydrogen (secondary N) is 2. The topological polar surface area (TPSA) is 422 Å². The van der Waals surface area contributed by atoms with E-state index in [1.165, 1.54) is 40.8 Å². The number of ether oxygens (including phenoxy) is 2. The number of esters is 2. The van der Waals surface area contributed by atoms with Gasteiger partial charge in [-0.2, -0.15) is 0 Å². The van der Waals surface area contributed by atoms with E-state index in [9.17, 15) is 57.3 Å². The summed E-state index contributed by atoms with van der Waals surface area (Å²) in [6.07, 6.45) is 0. The van der Waals surface area contributed by atoms with Gasteiger partial charge in [0.05, 0.1) is 88.6 Å². The van der Waals surface area contributed by atoms with Crippen LogP contribution in [-0.2, 0) is 45.1 Å². The number of benzodiazepines with no additional fused rings is 3. The molecule has 0 fully saturated rings. The Morgan fingerprint density at radius 1 is 0.559 bits per heavy atom. The van der Waals surface area contributed by atoms with Gasteiger partial charge >= 0.3 is 41.6 Å². The van der Waals surface area contributed by atoms with Crippen LogP contribution in [0.1, 0.15) is 76.2 Å². The molecule has 1 aromatic heterocycles. The maximum Gasteiger partial charge on any atom is 0.488 e. The van der Waals surface area contributed by atoms with Crippen molar-refractivity contribution in [3.63, 3.8) is 0 Å². The van der Waals surface area contributed by atoms with E-state index in [-0.39, 0.29) is 68.2 Å². The number of amides is 6. The Morgan fingerprint density at radius 3 is 1.38 bits per heavy atom. The number of benzene rings is 8. The predicted molar refractivity (Wildman–Crippen MR) is 425 cm³/mol. The van der Waals surface area contributed by atoms with Gasteiger partial charge in [0.25, 0.3) is 11.8 Å². The molecule has 0 spiro atoms. The molecule has 13 rings (SSSR count). The first-order chi connectivity index (χ1) is 52.7. The number of nitrogens with zero attached hydrogens (tertiary/aromatic N) is 8. The lowest BCUT2D eigenvalue weighted by molar-refractivity contribution is -0.135. The maximum atomic E-state index is 12.1. The second kappa shape index (κ2) is 42.3. The summed E-state index contributed by atoms with van der Waals surface area (Å²) in [5.74, 6) is -3.46. The Balaban J connectivity index is 0.000000206. The normalized spacial score (nSPS) is 13.1. The monoisotopic (exact) mass is 1610 g/mol. The SMILES string of the molecule is CCOC(=O)c1ccc(C2=NCC(=O)N(C)c3ccccc32)cc1.CN1C(=O)CN=C(Cl)c2ccccc21.CN1C(=O)CN=C(c2ccc(C(=O)NO)cc2)c2ccccc21.CN1C(=O)CNC(=O)c2ccccc21.COC(=O)c1ccc(B(O)O)cc1.Cn1c(=O)oc(=O)c2ccccc21.NCC(=O)O.O=P(Cl)(Cl)Cl. The van der Waals surface area contributed by atoms with Gasteiger partial charge in [0.2, 0.25) is 23.6 Å². The van der Waals surface area contributed by atoms with E-state index in [4.69, 9.17) is 36.7 Å². The number of aliphatic imine (C=N–C) groups is 3. The number of carbonyl (C=O) groups excluding carboxylic acids is 8. The van der Waals surface area contributed by atoms with Crippen LogP contribution >= 0.6 is 50.5 Å². The number of rotatable bonds is 8. The number of fused-ring (bicyclic) bond motifs is 5. The fourth-order valence-electron chi connectivity index (χ4n) is 10.2. The van der Waals surface area contributed by atoms with E-state index >= 15 is 0 Å². The molecular weight excluding hydrogens is 1540 g/mol. The average Bonchev–Trinajstić information content (AvgIpc) is 1.48. The smallest absolute Gasteiger partial charge is 0.480 e. The number of likely N-dealkylation sites (N-methyl/N-ethyl adjacent to an activating group) is 4. The predicted octanol–water partition coefficient (Wildman–Crippen LogP) is 7.82. The van der Waals surface area contributed by atoms with Crippen LogP contribution in [0.3, 0.4) is 0 Å². The van der Waals surface area contributed by atoms with Gasteiger partial charge in [0.1, 0.15) is 24.8 Å². The molecule has 0 radical (unpaired) electrons. The number of hydrogen-bond acceptors (Lipinski definition) is 22. The molecule has 4 aliphatic rings. The molecule has 4 aliphatic heterocycles. The van der Waals surface area contributed by atoms with Gasteiger partial charge < -0.3 is 59.7 Å². The minimum Gasteiger partial charge on any atom is -0.480 e. The number of aryl methyl sites for hydroxylation is 1. The van der Waals surface area contributed by atoms with Crippen molar-refractivity contribution >= 4 is 167 Å². The Hall–Kier alpha value is -11.8. The Morgan fingerprint density at radius 2 is 0.937 bits per heavy atom. The van der Waals surface area contributed by atoms with Gasteiger partial charge in [-0.05, 0) is 131 Å². The van der Waals surface area contributed by atoms with Crippen molar-refractivity contribution in [1.82, 2.24) is 15.4 Å². The fraction of sp³-hybridized carbons (Fsp3) is 0.173. The number of aliphatic carboxylic acids is 1. The molecular formula is C75H73BCl4N11O19P. The molecule has 30 nitrogen and oxygen atoms in total. The van der Waals surface area contributed by atoms with Crippen molar-refractivity contribution in [2.75, 3.05) is 94.2 Å². The zero-order chi connectivity index (χ0) is 81.8. The number of methoxy groups -OCH3 is 1. The number of anilines is 4. The summed E-state index contributed by atoms with van der Waals surface area (Å²) in [4.78, 5) is 143. The Labute approximate surface area is 654 Å². The highest BCUT2D eigenvalue weighted by Gasteiger charge is 2.26. The third kappa shape index (κ3) is 25.1. The van der Waals surface area contributed by atoms with Crippen molar-refractivity contribution in [2.24, 2.45) is 27.8 Å². The van der Waals surface area contributed by atoms with Crippen LogP contribution in [0.25, 0.3) is 10.9 Å². The molecule has 111 heavy (non-hydrogen) atoms. The molecule has 8 N–H and O–H groups in total. The van der Waals surface area contributed by atoms with Gasteiger partial charge in [0.15, 0.2) is 0 Å². The van der Waals surface area contributed by atoms with E-state index in [0.29, 0.717) is 61.8 Å². The summed E-state index contributed by atoms with van der Waals surface area (Å²) in [6.45, 7) is 2.18. The van der Waals surface area contributed by atoms with Crippen molar-refractivity contribution < 1.29 is 82.0 Å². The average molecular weight is 1620 g/mol.